The van der Waals surface area contributed by atoms with Gasteiger partial charge < -0.3 is 15.2 Å². The number of carbonyl (C=O) groups excluding carboxylic acids is 1. The van der Waals surface area contributed by atoms with Gasteiger partial charge in [-0.3, -0.25) is 0 Å². The molecule has 0 fully saturated rings. The summed E-state index contributed by atoms with van der Waals surface area (Å²) in [6.45, 7) is 2.47. The van der Waals surface area contributed by atoms with E-state index in [1.54, 1.807) is 35.3 Å². The average molecular weight is 261 g/mol. The van der Waals surface area contributed by atoms with Crippen LogP contribution in [0, 0.1) is 0 Å². The van der Waals surface area contributed by atoms with Crippen LogP contribution in [0.4, 0.5) is 5.69 Å². The van der Waals surface area contributed by atoms with Crippen LogP contribution in [0.3, 0.4) is 0 Å². The number of benzene rings is 1. The summed E-state index contributed by atoms with van der Waals surface area (Å²) in [6.07, 6.45) is 3.34. The third-order valence-electron chi connectivity index (χ3n) is 2.57. The van der Waals surface area contributed by atoms with Crippen LogP contribution in [0.5, 0.6) is 5.75 Å². The highest BCUT2D eigenvalue weighted by atomic mass is 16.5. The van der Waals surface area contributed by atoms with Crippen LogP contribution in [0.2, 0.25) is 0 Å². The first-order chi connectivity index (χ1) is 9.15. The van der Waals surface area contributed by atoms with Gasteiger partial charge in [-0.25, -0.2) is 9.48 Å². The molecule has 0 unspecified atom stereocenters. The molecule has 100 valence electrons. The molecule has 0 atom stereocenters. The molecular formula is C13H15N3O3. The Morgan fingerprint density at radius 1 is 1.47 bits per heavy atom. The van der Waals surface area contributed by atoms with Crippen LogP contribution in [-0.2, 0) is 4.74 Å². The van der Waals surface area contributed by atoms with Crippen LogP contribution in [0.15, 0.2) is 30.6 Å². The predicted molar refractivity (Wildman–Crippen MR) is 70.5 cm³/mol. The van der Waals surface area contributed by atoms with Crippen molar-refractivity contribution in [3.63, 3.8) is 0 Å². The molecule has 0 amide bonds. The number of nitrogens with zero attached hydrogens (tertiary/aromatic N) is 2. The number of esters is 1. The second kappa shape index (κ2) is 5.43. The Balaban J connectivity index is 2.32. The van der Waals surface area contributed by atoms with E-state index in [9.17, 15) is 4.79 Å². The monoisotopic (exact) mass is 261 g/mol. The van der Waals surface area contributed by atoms with Gasteiger partial charge in [-0.1, -0.05) is 0 Å². The number of methoxy groups -OCH3 is 1. The highest BCUT2D eigenvalue weighted by Gasteiger charge is 2.10. The van der Waals surface area contributed by atoms with Gasteiger partial charge >= 0.3 is 5.97 Å². The first kappa shape index (κ1) is 12.9. The topological polar surface area (TPSA) is 79.4 Å². The number of nitrogen functional groups attached to an aromatic ring is 1. The molecular weight excluding hydrogens is 246 g/mol. The SMILES string of the molecule is CCOc1cnn(-c2ccc(C(=O)OC)cc2N)c1. The van der Waals surface area contributed by atoms with Crippen molar-refractivity contribution in [1.82, 2.24) is 9.78 Å². The van der Waals surface area contributed by atoms with Gasteiger partial charge in [-0.2, -0.15) is 5.10 Å². The Bertz CT molecular complexity index is 593. The van der Waals surface area contributed by atoms with E-state index in [1.165, 1.54) is 7.11 Å². The van der Waals surface area contributed by atoms with Crippen molar-refractivity contribution in [3.8, 4) is 11.4 Å². The van der Waals surface area contributed by atoms with E-state index < -0.39 is 5.97 Å². The Morgan fingerprint density at radius 2 is 2.26 bits per heavy atom. The summed E-state index contributed by atoms with van der Waals surface area (Å²) in [4.78, 5) is 11.4. The van der Waals surface area contributed by atoms with Crippen molar-refractivity contribution in [2.75, 3.05) is 19.5 Å². The number of rotatable bonds is 4. The standard InChI is InChI=1S/C13H15N3O3/c1-3-19-10-7-15-16(8-10)12-5-4-9(6-11(12)14)13(17)18-2/h4-8H,3,14H2,1-2H3. The van der Waals surface area contributed by atoms with E-state index in [4.69, 9.17) is 10.5 Å². The molecule has 0 aliphatic carbocycles. The summed E-state index contributed by atoms with van der Waals surface area (Å²) in [5, 5.41) is 4.16. The average Bonchev–Trinajstić information content (AvgIpc) is 2.86. The van der Waals surface area contributed by atoms with Gasteiger partial charge in [0.05, 0.1) is 43.0 Å². The van der Waals surface area contributed by atoms with Gasteiger partial charge in [-0.15, -0.1) is 0 Å². The summed E-state index contributed by atoms with van der Waals surface area (Å²) in [7, 11) is 1.33. The lowest BCUT2D eigenvalue weighted by Gasteiger charge is -2.07. The zero-order valence-electron chi connectivity index (χ0n) is 10.8. The zero-order valence-corrected chi connectivity index (χ0v) is 10.8. The normalized spacial score (nSPS) is 10.2. The second-order valence-electron chi connectivity index (χ2n) is 3.82. The fourth-order valence-electron chi connectivity index (χ4n) is 1.69. The zero-order chi connectivity index (χ0) is 13.8. The number of ether oxygens (including phenoxy) is 2. The molecule has 0 radical (unpaired) electrons. The van der Waals surface area contributed by atoms with Crippen LogP contribution < -0.4 is 10.5 Å². The molecule has 6 nitrogen and oxygen atoms in total. The number of hydrogen-bond donors (Lipinski definition) is 1. The number of carbonyl (C=O) groups is 1. The first-order valence-electron chi connectivity index (χ1n) is 5.81. The third-order valence-corrected chi connectivity index (χ3v) is 2.57. The van der Waals surface area contributed by atoms with Crippen molar-refractivity contribution >= 4 is 11.7 Å². The van der Waals surface area contributed by atoms with E-state index >= 15 is 0 Å². The van der Waals surface area contributed by atoms with E-state index in [1.807, 2.05) is 6.92 Å². The smallest absolute Gasteiger partial charge is 0.337 e. The van der Waals surface area contributed by atoms with Crippen molar-refractivity contribution in [3.05, 3.63) is 36.2 Å². The van der Waals surface area contributed by atoms with E-state index in [0.29, 0.717) is 29.3 Å². The molecule has 6 heteroatoms. The summed E-state index contributed by atoms with van der Waals surface area (Å²) >= 11 is 0. The van der Waals surface area contributed by atoms with Crippen molar-refractivity contribution in [1.29, 1.82) is 0 Å². The molecule has 2 rings (SSSR count). The van der Waals surface area contributed by atoms with E-state index in [-0.39, 0.29) is 0 Å². The first-order valence-corrected chi connectivity index (χ1v) is 5.81. The molecule has 0 bridgehead atoms. The van der Waals surface area contributed by atoms with E-state index in [0.717, 1.165) is 0 Å². The molecule has 0 aliphatic rings. The minimum atomic E-state index is -0.422. The molecule has 0 spiro atoms. The fraction of sp³-hybridized carbons (Fsp3) is 0.231. The summed E-state index contributed by atoms with van der Waals surface area (Å²) in [6, 6.07) is 4.91. The Hall–Kier alpha value is -2.50. The lowest BCUT2D eigenvalue weighted by Crippen LogP contribution is -2.05. The Labute approximate surface area is 110 Å². The van der Waals surface area contributed by atoms with Gasteiger partial charge in [0.1, 0.15) is 0 Å². The second-order valence-corrected chi connectivity index (χ2v) is 3.82. The maximum atomic E-state index is 11.4. The minimum absolute atomic E-state index is 0.404. The fourth-order valence-corrected chi connectivity index (χ4v) is 1.69. The Kier molecular flexibility index (Phi) is 3.70. The molecule has 1 aromatic carbocycles. The maximum Gasteiger partial charge on any atom is 0.337 e. The van der Waals surface area contributed by atoms with Crippen molar-refractivity contribution < 1.29 is 14.3 Å². The van der Waals surface area contributed by atoms with Gasteiger partial charge in [0, 0.05) is 0 Å². The van der Waals surface area contributed by atoms with Gasteiger partial charge in [0.15, 0.2) is 5.75 Å². The molecule has 2 N–H and O–H groups in total. The predicted octanol–water partition coefficient (Wildman–Crippen LogP) is 1.64. The third kappa shape index (κ3) is 2.67. The van der Waals surface area contributed by atoms with Gasteiger partial charge in [-0.05, 0) is 25.1 Å². The van der Waals surface area contributed by atoms with Crippen molar-refractivity contribution in [2.24, 2.45) is 0 Å². The number of anilines is 1. The molecule has 2 aromatic rings. The van der Waals surface area contributed by atoms with Crippen LogP contribution in [-0.4, -0.2) is 29.5 Å². The summed E-state index contributed by atoms with van der Waals surface area (Å²) < 4.78 is 11.6. The molecule has 19 heavy (non-hydrogen) atoms. The van der Waals surface area contributed by atoms with Crippen LogP contribution in [0.25, 0.3) is 5.69 Å². The van der Waals surface area contributed by atoms with E-state index in [2.05, 4.69) is 9.84 Å². The minimum Gasteiger partial charge on any atom is -0.491 e. The van der Waals surface area contributed by atoms with Gasteiger partial charge in [0.2, 0.25) is 0 Å². The lowest BCUT2D eigenvalue weighted by molar-refractivity contribution is 0.0601. The lowest BCUT2D eigenvalue weighted by atomic mass is 10.2. The van der Waals surface area contributed by atoms with Crippen molar-refractivity contribution in [2.45, 2.75) is 6.92 Å². The van der Waals surface area contributed by atoms with Crippen LogP contribution in [0.1, 0.15) is 17.3 Å². The molecule has 0 saturated carbocycles. The number of nitrogens with two attached hydrogens (primary N) is 1. The van der Waals surface area contributed by atoms with Gasteiger partial charge in [0.25, 0.3) is 0 Å². The largest absolute Gasteiger partial charge is 0.491 e. The molecule has 1 aromatic heterocycles. The highest BCUT2D eigenvalue weighted by Crippen LogP contribution is 2.21. The van der Waals surface area contributed by atoms with Crippen LogP contribution >= 0.6 is 0 Å². The quantitative estimate of drug-likeness (QED) is 0.668. The molecule has 1 heterocycles. The Morgan fingerprint density at radius 3 is 2.89 bits per heavy atom. The maximum absolute atomic E-state index is 11.4. The number of hydrogen-bond acceptors (Lipinski definition) is 5. The summed E-state index contributed by atoms with van der Waals surface area (Å²) in [5.41, 5.74) is 7.44. The molecule has 0 saturated heterocycles. The number of aromatic nitrogens is 2. The highest BCUT2D eigenvalue weighted by molar-refractivity contribution is 5.91. The molecule has 0 aliphatic heterocycles. The summed E-state index contributed by atoms with van der Waals surface area (Å²) in [5.74, 6) is 0.243.